The first-order valence-electron chi connectivity index (χ1n) is 7.51. The average molecular weight is 298 g/mol. The van der Waals surface area contributed by atoms with E-state index in [9.17, 15) is 4.79 Å². The fourth-order valence-electron chi connectivity index (χ4n) is 2.08. The monoisotopic (exact) mass is 298 g/mol. The Morgan fingerprint density at radius 3 is 2.41 bits per heavy atom. The summed E-state index contributed by atoms with van der Waals surface area (Å²) < 4.78 is 10.5. The molecule has 2 rings (SSSR count). The lowest BCUT2D eigenvalue weighted by Crippen LogP contribution is -2.08. The van der Waals surface area contributed by atoms with Crippen LogP contribution in [0.5, 0.6) is 5.75 Å². The number of methoxy groups -OCH3 is 1. The van der Waals surface area contributed by atoms with Crippen LogP contribution in [-0.2, 0) is 4.74 Å². The summed E-state index contributed by atoms with van der Waals surface area (Å²) in [5, 5.41) is 0. The van der Waals surface area contributed by atoms with Gasteiger partial charge in [0.25, 0.3) is 0 Å². The average Bonchev–Trinajstić information content (AvgIpc) is 2.54. The van der Waals surface area contributed by atoms with Gasteiger partial charge in [-0.25, -0.2) is 4.79 Å². The van der Waals surface area contributed by atoms with Gasteiger partial charge in [-0.3, -0.25) is 0 Å². The van der Waals surface area contributed by atoms with Gasteiger partial charge >= 0.3 is 5.97 Å². The van der Waals surface area contributed by atoms with E-state index in [1.807, 2.05) is 42.5 Å². The van der Waals surface area contributed by atoms with E-state index in [0.29, 0.717) is 18.1 Å². The highest BCUT2D eigenvalue weighted by Gasteiger charge is 2.09. The van der Waals surface area contributed by atoms with E-state index in [0.717, 1.165) is 23.3 Å². The molecule has 0 aliphatic heterocycles. The molecule has 3 nitrogen and oxygen atoms in total. The molecule has 0 saturated carbocycles. The van der Waals surface area contributed by atoms with Crippen LogP contribution in [0.3, 0.4) is 0 Å². The molecule has 0 saturated heterocycles. The molecule has 0 heterocycles. The van der Waals surface area contributed by atoms with E-state index in [2.05, 4.69) is 13.8 Å². The van der Waals surface area contributed by atoms with Gasteiger partial charge in [0.05, 0.1) is 19.3 Å². The van der Waals surface area contributed by atoms with Crippen LogP contribution in [0.15, 0.2) is 48.5 Å². The number of ether oxygens (including phenoxy) is 2. The maximum Gasteiger partial charge on any atom is 0.338 e. The Bertz CT molecular complexity index is 615. The van der Waals surface area contributed by atoms with Crippen molar-refractivity contribution in [3.05, 3.63) is 54.1 Å². The third kappa shape index (κ3) is 4.35. The summed E-state index contributed by atoms with van der Waals surface area (Å²) in [7, 11) is 1.64. The predicted molar refractivity (Wildman–Crippen MR) is 88.2 cm³/mol. The summed E-state index contributed by atoms with van der Waals surface area (Å²) in [6.07, 6.45) is 0.879. The highest BCUT2D eigenvalue weighted by molar-refractivity contribution is 5.91. The molecule has 2 aromatic carbocycles. The van der Waals surface area contributed by atoms with Crippen molar-refractivity contribution in [3.63, 3.8) is 0 Å². The number of carbonyl (C=O) groups excluding carboxylic acids is 1. The van der Waals surface area contributed by atoms with Gasteiger partial charge < -0.3 is 9.47 Å². The first kappa shape index (κ1) is 16.1. The Hall–Kier alpha value is -2.29. The fraction of sp³-hybridized carbons (Fsp3) is 0.316. The number of esters is 1. The minimum absolute atomic E-state index is 0.268. The first-order valence-corrected chi connectivity index (χ1v) is 7.51. The zero-order valence-corrected chi connectivity index (χ0v) is 13.3. The first-order chi connectivity index (χ1) is 10.6. The minimum atomic E-state index is -0.268. The topological polar surface area (TPSA) is 35.5 Å². The maximum atomic E-state index is 12.1. The Kier molecular flexibility index (Phi) is 5.59. The molecule has 3 heteroatoms. The van der Waals surface area contributed by atoms with Crippen LogP contribution in [0.1, 0.15) is 30.6 Å². The number of rotatable bonds is 6. The quantitative estimate of drug-likeness (QED) is 0.733. The number of hydrogen-bond acceptors (Lipinski definition) is 3. The van der Waals surface area contributed by atoms with E-state index < -0.39 is 0 Å². The van der Waals surface area contributed by atoms with Crippen molar-refractivity contribution < 1.29 is 14.3 Å². The van der Waals surface area contributed by atoms with Gasteiger partial charge in [0.15, 0.2) is 0 Å². The standard InChI is InChI=1S/C19H22O3/c1-14(2)11-12-22-19(20)17-6-4-5-16(13-17)15-7-9-18(21-3)10-8-15/h4-10,13-14H,11-12H2,1-3H3. The van der Waals surface area contributed by atoms with Crippen LogP contribution in [0.4, 0.5) is 0 Å². The van der Waals surface area contributed by atoms with E-state index >= 15 is 0 Å². The molecule has 0 atom stereocenters. The zero-order chi connectivity index (χ0) is 15.9. The highest BCUT2D eigenvalue weighted by atomic mass is 16.5. The van der Waals surface area contributed by atoms with Crippen LogP contribution in [0.2, 0.25) is 0 Å². The molecular formula is C19H22O3. The number of hydrogen-bond donors (Lipinski definition) is 0. The van der Waals surface area contributed by atoms with Gasteiger partial charge in [-0.2, -0.15) is 0 Å². The molecule has 0 unspecified atom stereocenters. The normalized spacial score (nSPS) is 10.5. The van der Waals surface area contributed by atoms with E-state index in [-0.39, 0.29) is 5.97 Å². The third-order valence-electron chi connectivity index (χ3n) is 3.45. The van der Waals surface area contributed by atoms with Crippen LogP contribution >= 0.6 is 0 Å². The zero-order valence-electron chi connectivity index (χ0n) is 13.3. The molecule has 0 spiro atoms. The Labute approximate surface area is 131 Å². The van der Waals surface area contributed by atoms with Gasteiger partial charge in [-0.15, -0.1) is 0 Å². The summed E-state index contributed by atoms with van der Waals surface area (Å²) in [4.78, 5) is 12.1. The molecule has 0 N–H and O–H groups in total. The van der Waals surface area contributed by atoms with Crippen molar-refractivity contribution >= 4 is 5.97 Å². The molecule has 0 amide bonds. The van der Waals surface area contributed by atoms with Crippen LogP contribution in [-0.4, -0.2) is 19.7 Å². The molecule has 2 aromatic rings. The summed E-state index contributed by atoms with van der Waals surface area (Å²) in [6, 6.07) is 15.3. The van der Waals surface area contributed by atoms with Gasteiger partial charge in [0.2, 0.25) is 0 Å². The Morgan fingerprint density at radius 1 is 1.05 bits per heavy atom. The summed E-state index contributed by atoms with van der Waals surface area (Å²) in [6.45, 7) is 4.68. The summed E-state index contributed by atoms with van der Waals surface area (Å²) >= 11 is 0. The van der Waals surface area contributed by atoms with Gasteiger partial charge in [-0.05, 0) is 47.7 Å². The lowest BCUT2D eigenvalue weighted by molar-refractivity contribution is 0.0488. The van der Waals surface area contributed by atoms with Crippen molar-refractivity contribution in [2.45, 2.75) is 20.3 Å². The largest absolute Gasteiger partial charge is 0.497 e. The molecule has 0 fully saturated rings. The second-order valence-electron chi connectivity index (χ2n) is 5.63. The van der Waals surface area contributed by atoms with Crippen LogP contribution < -0.4 is 4.74 Å². The Morgan fingerprint density at radius 2 is 1.77 bits per heavy atom. The molecule has 22 heavy (non-hydrogen) atoms. The fourth-order valence-corrected chi connectivity index (χ4v) is 2.08. The maximum absolute atomic E-state index is 12.1. The van der Waals surface area contributed by atoms with E-state index in [1.165, 1.54) is 0 Å². The predicted octanol–water partition coefficient (Wildman–Crippen LogP) is 4.57. The van der Waals surface area contributed by atoms with E-state index in [4.69, 9.17) is 9.47 Å². The van der Waals surface area contributed by atoms with Gasteiger partial charge in [0.1, 0.15) is 5.75 Å². The third-order valence-corrected chi connectivity index (χ3v) is 3.45. The molecular weight excluding hydrogens is 276 g/mol. The lowest BCUT2D eigenvalue weighted by atomic mass is 10.0. The highest BCUT2D eigenvalue weighted by Crippen LogP contribution is 2.23. The van der Waals surface area contributed by atoms with Gasteiger partial charge in [-0.1, -0.05) is 38.1 Å². The summed E-state index contributed by atoms with van der Waals surface area (Å²) in [5.74, 6) is 1.07. The van der Waals surface area contributed by atoms with E-state index in [1.54, 1.807) is 13.2 Å². The number of benzene rings is 2. The molecule has 0 radical (unpaired) electrons. The van der Waals surface area contributed by atoms with Crippen LogP contribution in [0.25, 0.3) is 11.1 Å². The lowest BCUT2D eigenvalue weighted by Gasteiger charge is -2.08. The molecule has 0 aromatic heterocycles. The van der Waals surface area contributed by atoms with Crippen molar-refractivity contribution in [2.24, 2.45) is 5.92 Å². The minimum Gasteiger partial charge on any atom is -0.497 e. The molecule has 0 bridgehead atoms. The Balaban J connectivity index is 2.10. The van der Waals surface area contributed by atoms with Crippen molar-refractivity contribution in [1.29, 1.82) is 0 Å². The second kappa shape index (κ2) is 7.64. The molecule has 116 valence electrons. The van der Waals surface area contributed by atoms with Crippen molar-refractivity contribution in [3.8, 4) is 16.9 Å². The van der Waals surface area contributed by atoms with Crippen molar-refractivity contribution in [1.82, 2.24) is 0 Å². The van der Waals surface area contributed by atoms with Gasteiger partial charge in [0, 0.05) is 0 Å². The van der Waals surface area contributed by atoms with Crippen molar-refractivity contribution in [2.75, 3.05) is 13.7 Å². The SMILES string of the molecule is COc1ccc(-c2cccc(C(=O)OCCC(C)C)c2)cc1. The van der Waals surface area contributed by atoms with Crippen LogP contribution in [0, 0.1) is 5.92 Å². The summed E-state index contributed by atoms with van der Waals surface area (Å²) in [5.41, 5.74) is 2.61. The molecule has 0 aliphatic rings. The smallest absolute Gasteiger partial charge is 0.338 e. The second-order valence-corrected chi connectivity index (χ2v) is 5.63. The molecule has 0 aliphatic carbocycles. The number of carbonyl (C=O) groups is 1.